The van der Waals surface area contributed by atoms with Crippen LogP contribution in [-0.4, -0.2) is 60.8 Å². The number of allylic oxidation sites excluding steroid dienone is 2. The van der Waals surface area contributed by atoms with E-state index in [0.717, 1.165) is 11.5 Å². The van der Waals surface area contributed by atoms with Gasteiger partial charge in [-0.1, -0.05) is 16.9 Å². The molecule has 1 unspecified atom stereocenters. The number of amides is 1. The molecule has 1 aromatic heterocycles. The molecule has 1 aromatic carbocycles. The topological polar surface area (TPSA) is 147 Å². The summed E-state index contributed by atoms with van der Waals surface area (Å²) in [5, 5.41) is 18.0. The zero-order chi connectivity index (χ0) is 25.6. The Hall–Kier alpha value is -3.54. The van der Waals surface area contributed by atoms with E-state index in [0.29, 0.717) is 61.6 Å². The molecule has 2 aromatic rings. The van der Waals surface area contributed by atoms with E-state index in [4.69, 9.17) is 19.4 Å². The lowest BCUT2D eigenvalue weighted by Gasteiger charge is -2.24. The SMILES string of the molecule is CC1NC(CSc2nnc(-c3ccc(F)cc3)o2)=CC=C1OCCCC(=O)NCCOCCN=[N+]=[N-]. The molecule has 3 rings (SSSR count). The average Bonchev–Trinajstić information content (AvgIpc) is 3.35. The Morgan fingerprint density at radius 1 is 1.28 bits per heavy atom. The van der Waals surface area contributed by atoms with Gasteiger partial charge in [-0.25, -0.2) is 4.39 Å². The third kappa shape index (κ3) is 9.25. The number of halogens is 1. The molecule has 0 saturated carbocycles. The molecule has 11 nitrogen and oxygen atoms in total. The lowest BCUT2D eigenvalue weighted by atomic mass is 10.2. The van der Waals surface area contributed by atoms with E-state index in [1.54, 1.807) is 12.1 Å². The molecule has 13 heteroatoms. The predicted molar refractivity (Wildman–Crippen MR) is 132 cm³/mol. The van der Waals surface area contributed by atoms with E-state index >= 15 is 0 Å². The van der Waals surface area contributed by atoms with Crippen LogP contribution >= 0.6 is 11.8 Å². The number of ether oxygens (including phenoxy) is 2. The Labute approximate surface area is 212 Å². The van der Waals surface area contributed by atoms with Gasteiger partial charge >= 0.3 is 0 Å². The number of nitrogens with zero attached hydrogens (tertiary/aromatic N) is 5. The minimum atomic E-state index is -0.322. The molecule has 36 heavy (non-hydrogen) atoms. The van der Waals surface area contributed by atoms with E-state index in [1.165, 1.54) is 23.9 Å². The van der Waals surface area contributed by atoms with Gasteiger partial charge in [-0.15, -0.1) is 10.2 Å². The van der Waals surface area contributed by atoms with Crippen molar-refractivity contribution < 1.29 is 23.1 Å². The zero-order valence-electron chi connectivity index (χ0n) is 19.9. The van der Waals surface area contributed by atoms with Gasteiger partial charge in [0.2, 0.25) is 11.8 Å². The fourth-order valence-corrected chi connectivity index (χ4v) is 3.82. The van der Waals surface area contributed by atoms with Crippen molar-refractivity contribution in [3.05, 3.63) is 64.1 Å². The maximum atomic E-state index is 13.1. The standard InChI is InChI=1S/C23H28FN7O4S/c1-16-20(34-12-2-3-21(32)26-10-13-33-14-11-27-31-25)9-8-19(28-16)15-36-23-30-29-22(35-23)17-4-6-18(24)7-5-17/h4-9,16,28H,2-3,10-15H2,1H3,(H,26,32). The van der Waals surface area contributed by atoms with Gasteiger partial charge in [0, 0.05) is 41.4 Å². The quantitative estimate of drug-likeness (QED) is 0.119. The summed E-state index contributed by atoms with van der Waals surface area (Å²) in [5.41, 5.74) is 9.81. The highest BCUT2D eigenvalue weighted by Gasteiger charge is 2.17. The molecule has 1 atom stereocenters. The third-order valence-corrected chi connectivity index (χ3v) is 5.78. The lowest BCUT2D eigenvalue weighted by Crippen LogP contribution is -2.32. The summed E-state index contributed by atoms with van der Waals surface area (Å²) < 4.78 is 29.8. The molecule has 0 radical (unpaired) electrons. The Balaban J connectivity index is 1.32. The van der Waals surface area contributed by atoms with E-state index in [2.05, 4.69) is 30.9 Å². The Morgan fingerprint density at radius 2 is 2.11 bits per heavy atom. The number of thioether (sulfide) groups is 1. The Bertz CT molecular complexity index is 1100. The number of carbonyl (C=O) groups is 1. The van der Waals surface area contributed by atoms with Crippen LogP contribution in [0.2, 0.25) is 0 Å². The van der Waals surface area contributed by atoms with Gasteiger partial charge in [-0.3, -0.25) is 4.79 Å². The number of azide groups is 1. The van der Waals surface area contributed by atoms with Crippen molar-refractivity contribution >= 4 is 17.7 Å². The molecule has 2 heterocycles. The summed E-state index contributed by atoms with van der Waals surface area (Å²) in [6.45, 7) is 3.81. The van der Waals surface area contributed by atoms with Crippen molar-refractivity contribution in [2.75, 3.05) is 38.7 Å². The average molecular weight is 518 g/mol. The van der Waals surface area contributed by atoms with E-state index in [9.17, 15) is 9.18 Å². The Morgan fingerprint density at radius 3 is 2.89 bits per heavy atom. The number of aromatic nitrogens is 2. The second kappa shape index (κ2) is 14.8. The summed E-state index contributed by atoms with van der Waals surface area (Å²) in [7, 11) is 0. The first-order valence-corrected chi connectivity index (χ1v) is 12.4. The van der Waals surface area contributed by atoms with Gasteiger partial charge in [-0.05, 0) is 55.3 Å². The summed E-state index contributed by atoms with van der Waals surface area (Å²) in [5.74, 6) is 1.36. The zero-order valence-corrected chi connectivity index (χ0v) is 20.7. The minimum absolute atomic E-state index is 0.0144. The molecule has 1 amide bonds. The number of carbonyl (C=O) groups excluding carboxylic acids is 1. The van der Waals surface area contributed by atoms with E-state index in [-0.39, 0.29) is 24.3 Å². The Kier molecular flexibility index (Phi) is 11.1. The first kappa shape index (κ1) is 27.1. The fraction of sp³-hybridized carbons (Fsp3) is 0.435. The van der Waals surface area contributed by atoms with Gasteiger partial charge in [0.15, 0.2) is 0 Å². The largest absolute Gasteiger partial charge is 0.496 e. The maximum absolute atomic E-state index is 13.1. The summed E-state index contributed by atoms with van der Waals surface area (Å²) in [4.78, 5) is 14.5. The lowest BCUT2D eigenvalue weighted by molar-refractivity contribution is -0.121. The summed E-state index contributed by atoms with van der Waals surface area (Å²) >= 11 is 1.40. The molecule has 192 valence electrons. The van der Waals surface area contributed by atoms with Crippen molar-refractivity contribution in [3.63, 3.8) is 0 Å². The van der Waals surface area contributed by atoms with Crippen molar-refractivity contribution in [1.29, 1.82) is 0 Å². The van der Waals surface area contributed by atoms with Crippen LogP contribution in [0, 0.1) is 5.82 Å². The molecule has 1 aliphatic heterocycles. The number of benzene rings is 1. The van der Waals surface area contributed by atoms with Crippen LogP contribution in [0.4, 0.5) is 4.39 Å². The normalized spacial score (nSPS) is 14.8. The molecule has 0 spiro atoms. The van der Waals surface area contributed by atoms with Crippen LogP contribution in [0.25, 0.3) is 21.9 Å². The van der Waals surface area contributed by atoms with Gasteiger partial charge in [0.1, 0.15) is 11.6 Å². The van der Waals surface area contributed by atoms with Crippen molar-refractivity contribution in [2.24, 2.45) is 5.11 Å². The molecule has 0 fully saturated rings. The van der Waals surface area contributed by atoms with Crippen molar-refractivity contribution in [2.45, 2.75) is 31.0 Å². The van der Waals surface area contributed by atoms with Crippen LogP contribution in [0.3, 0.4) is 0 Å². The van der Waals surface area contributed by atoms with Crippen LogP contribution in [0.1, 0.15) is 19.8 Å². The smallest absolute Gasteiger partial charge is 0.277 e. The fourth-order valence-electron chi connectivity index (χ4n) is 3.13. The second-order valence-electron chi connectivity index (χ2n) is 7.66. The van der Waals surface area contributed by atoms with Gasteiger partial charge in [0.05, 0.1) is 25.9 Å². The summed E-state index contributed by atoms with van der Waals surface area (Å²) in [6, 6.07) is 5.87. The number of rotatable bonds is 15. The molecule has 0 aliphatic carbocycles. The van der Waals surface area contributed by atoms with E-state index < -0.39 is 0 Å². The highest BCUT2D eigenvalue weighted by Crippen LogP contribution is 2.25. The molecular formula is C23H28FN7O4S. The number of hydrogen-bond acceptors (Lipinski definition) is 9. The highest BCUT2D eigenvalue weighted by molar-refractivity contribution is 7.99. The molecule has 0 saturated heterocycles. The van der Waals surface area contributed by atoms with Crippen molar-refractivity contribution in [1.82, 2.24) is 20.8 Å². The highest BCUT2D eigenvalue weighted by atomic mass is 32.2. The van der Waals surface area contributed by atoms with Gasteiger partial charge < -0.3 is 24.5 Å². The molecule has 1 aliphatic rings. The van der Waals surface area contributed by atoms with Crippen LogP contribution in [0.5, 0.6) is 0 Å². The molecule has 2 N–H and O–H groups in total. The van der Waals surface area contributed by atoms with Gasteiger partial charge in [0.25, 0.3) is 5.22 Å². The molecular weight excluding hydrogens is 489 g/mol. The molecule has 0 bridgehead atoms. The first-order chi connectivity index (χ1) is 17.5. The van der Waals surface area contributed by atoms with Crippen LogP contribution in [-0.2, 0) is 14.3 Å². The summed E-state index contributed by atoms with van der Waals surface area (Å²) in [6.07, 6.45) is 4.81. The third-order valence-electron chi connectivity index (χ3n) is 4.91. The second-order valence-corrected chi connectivity index (χ2v) is 8.59. The minimum Gasteiger partial charge on any atom is -0.496 e. The number of dihydropyridines is 1. The number of nitrogens with one attached hydrogen (secondary N) is 2. The van der Waals surface area contributed by atoms with Crippen LogP contribution < -0.4 is 10.6 Å². The predicted octanol–water partition coefficient (Wildman–Crippen LogP) is 3.97. The van der Waals surface area contributed by atoms with Crippen molar-refractivity contribution in [3.8, 4) is 11.5 Å². The van der Waals surface area contributed by atoms with Gasteiger partial charge in [-0.2, -0.15) is 0 Å². The van der Waals surface area contributed by atoms with E-state index in [1.807, 2.05) is 19.1 Å². The monoisotopic (exact) mass is 517 g/mol. The maximum Gasteiger partial charge on any atom is 0.277 e. The van der Waals surface area contributed by atoms with Crippen LogP contribution in [0.15, 0.2) is 62.6 Å². The first-order valence-electron chi connectivity index (χ1n) is 11.4. The number of hydrogen-bond donors (Lipinski definition) is 2.